The Hall–Kier alpha value is -2.49. The topological polar surface area (TPSA) is 64.3 Å². The van der Waals surface area contributed by atoms with Crippen molar-refractivity contribution in [2.75, 3.05) is 18.2 Å². The first-order valence-corrected chi connectivity index (χ1v) is 6.98. The molecule has 0 bridgehead atoms. The zero-order valence-corrected chi connectivity index (χ0v) is 11.9. The number of hydrogen-bond acceptors (Lipinski definition) is 3. The number of benzene rings is 2. The SMILES string of the molecule is COc1cc(NC(=O)C2CC2c2ccccc2)ccc1N. The fraction of sp³-hybridized carbons (Fsp3) is 0.235. The van der Waals surface area contributed by atoms with Crippen molar-refractivity contribution in [2.45, 2.75) is 12.3 Å². The van der Waals surface area contributed by atoms with E-state index in [2.05, 4.69) is 17.4 Å². The maximum Gasteiger partial charge on any atom is 0.228 e. The number of hydrogen-bond donors (Lipinski definition) is 2. The number of anilines is 2. The smallest absolute Gasteiger partial charge is 0.228 e. The van der Waals surface area contributed by atoms with Crippen LogP contribution in [0.25, 0.3) is 0 Å². The zero-order valence-electron chi connectivity index (χ0n) is 11.9. The lowest BCUT2D eigenvalue weighted by molar-refractivity contribution is -0.117. The van der Waals surface area contributed by atoms with Crippen LogP contribution in [0.3, 0.4) is 0 Å². The highest BCUT2D eigenvalue weighted by atomic mass is 16.5. The molecule has 0 radical (unpaired) electrons. The van der Waals surface area contributed by atoms with Crippen molar-refractivity contribution in [3.8, 4) is 5.75 Å². The second-order valence-electron chi connectivity index (χ2n) is 5.31. The van der Waals surface area contributed by atoms with Gasteiger partial charge >= 0.3 is 0 Å². The summed E-state index contributed by atoms with van der Waals surface area (Å²) in [5.41, 5.74) is 8.26. The molecule has 0 saturated heterocycles. The molecule has 2 aromatic carbocycles. The van der Waals surface area contributed by atoms with Gasteiger partial charge in [-0.2, -0.15) is 0 Å². The van der Waals surface area contributed by atoms with E-state index in [1.54, 1.807) is 25.3 Å². The molecule has 0 aliphatic heterocycles. The third-order valence-corrected chi connectivity index (χ3v) is 3.86. The van der Waals surface area contributed by atoms with Crippen molar-refractivity contribution >= 4 is 17.3 Å². The highest BCUT2D eigenvalue weighted by Gasteiger charge is 2.43. The maximum atomic E-state index is 12.3. The Kier molecular flexibility index (Phi) is 3.52. The van der Waals surface area contributed by atoms with Crippen LogP contribution in [0.15, 0.2) is 48.5 Å². The summed E-state index contributed by atoms with van der Waals surface area (Å²) in [5.74, 6) is 1.01. The summed E-state index contributed by atoms with van der Waals surface area (Å²) in [6.07, 6.45) is 0.905. The Labute approximate surface area is 123 Å². The minimum atomic E-state index is 0.0516. The molecule has 0 aromatic heterocycles. The molecule has 0 heterocycles. The minimum Gasteiger partial charge on any atom is -0.495 e. The molecular weight excluding hydrogens is 264 g/mol. The van der Waals surface area contributed by atoms with E-state index in [0.717, 1.165) is 6.42 Å². The van der Waals surface area contributed by atoms with Crippen LogP contribution in [-0.2, 0) is 4.79 Å². The van der Waals surface area contributed by atoms with E-state index < -0.39 is 0 Å². The van der Waals surface area contributed by atoms with Crippen LogP contribution in [0.5, 0.6) is 5.75 Å². The molecule has 3 N–H and O–H groups in total. The molecule has 108 valence electrons. The summed E-state index contributed by atoms with van der Waals surface area (Å²) in [7, 11) is 1.56. The van der Waals surface area contributed by atoms with Crippen molar-refractivity contribution < 1.29 is 9.53 Å². The fourth-order valence-corrected chi connectivity index (χ4v) is 2.58. The lowest BCUT2D eigenvalue weighted by atomic mass is 10.1. The van der Waals surface area contributed by atoms with Crippen LogP contribution in [0.4, 0.5) is 11.4 Å². The van der Waals surface area contributed by atoms with Gasteiger partial charge in [-0.1, -0.05) is 30.3 Å². The normalized spacial score (nSPS) is 19.9. The number of ether oxygens (including phenoxy) is 1. The summed E-state index contributed by atoms with van der Waals surface area (Å²) < 4.78 is 5.16. The molecule has 1 aliphatic carbocycles. The number of nitrogen functional groups attached to an aromatic ring is 1. The second kappa shape index (κ2) is 5.48. The zero-order chi connectivity index (χ0) is 14.8. The van der Waals surface area contributed by atoms with Gasteiger partial charge in [0.05, 0.1) is 12.8 Å². The summed E-state index contributed by atoms with van der Waals surface area (Å²) in [6, 6.07) is 15.4. The van der Waals surface area contributed by atoms with Gasteiger partial charge in [-0.15, -0.1) is 0 Å². The first kappa shape index (κ1) is 13.5. The van der Waals surface area contributed by atoms with Crippen molar-refractivity contribution in [3.05, 3.63) is 54.1 Å². The molecule has 3 rings (SSSR count). The van der Waals surface area contributed by atoms with Gasteiger partial charge in [-0.3, -0.25) is 4.79 Å². The predicted octanol–water partition coefficient (Wildman–Crippen LogP) is 3.02. The largest absolute Gasteiger partial charge is 0.495 e. The molecule has 1 amide bonds. The van der Waals surface area contributed by atoms with E-state index in [1.165, 1.54) is 5.56 Å². The van der Waals surface area contributed by atoms with Crippen LogP contribution in [-0.4, -0.2) is 13.0 Å². The van der Waals surface area contributed by atoms with E-state index >= 15 is 0 Å². The van der Waals surface area contributed by atoms with E-state index in [9.17, 15) is 4.79 Å². The Morgan fingerprint density at radius 1 is 1.24 bits per heavy atom. The maximum absolute atomic E-state index is 12.3. The van der Waals surface area contributed by atoms with Crippen LogP contribution >= 0.6 is 0 Å². The number of nitrogens with one attached hydrogen (secondary N) is 1. The van der Waals surface area contributed by atoms with E-state index in [4.69, 9.17) is 10.5 Å². The number of carbonyl (C=O) groups excluding carboxylic acids is 1. The average Bonchev–Trinajstić information content (AvgIpc) is 3.31. The first-order valence-electron chi connectivity index (χ1n) is 6.98. The number of methoxy groups -OCH3 is 1. The van der Waals surface area contributed by atoms with Crippen molar-refractivity contribution in [2.24, 2.45) is 5.92 Å². The molecule has 2 atom stereocenters. The van der Waals surface area contributed by atoms with Crippen molar-refractivity contribution in [1.82, 2.24) is 0 Å². The number of nitrogens with two attached hydrogens (primary N) is 1. The highest BCUT2D eigenvalue weighted by Crippen LogP contribution is 2.47. The van der Waals surface area contributed by atoms with Gasteiger partial charge in [0.15, 0.2) is 0 Å². The minimum absolute atomic E-state index is 0.0516. The van der Waals surface area contributed by atoms with Crippen molar-refractivity contribution in [3.63, 3.8) is 0 Å². The van der Waals surface area contributed by atoms with Gasteiger partial charge in [-0.05, 0) is 30.0 Å². The first-order chi connectivity index (χ1) is 10.2. The van der Waals surface area contributed by atoms with Crippen LogP contribution in [0.1, 0.15) is 17.9 Å². The average molecular weight is 282 g/mol. The second-order valence-corrected chi connectivity index (χ2v) is 5.31. The van der Waals surface area contributed by atoms with Crippen molar-refractivity contribution in [1.29, 1.82) is 0 Å². The van der Waals surface area contributed by atoms with Crippen LogP contribution in [0.2, 0.25) is 0 Å². The third kappa shape index (κ3) is 2.84. The summed E-state index contributed by atoms with van der Waals surface area (Å²) in [5, 5.41) is 2.93. The molecule has 21 heavy (non-hydrogen) atoms. The van der Waals surface area contributed by atoms with E-state index in [-0.39, 0.29) is 11.8 Å². The van der Waals surface area contributed by atoms with Gasteiger partial charge in [0.1, 0.15) is 5.75 Å². The lowest BCUT2D eigenvalue weighted by Crippen LogP contribution is -2.14. The molecule has 2 unspecified atom stereocenters. The highest BCUT2D eigenvalue weighted by molar-refractivity contribution is 5.95. The fourth-order valence-electron chi connectivity index (χ4n) is 2.58. The number of amides is 1. The molecule has 0 spiro atoms. The Balaban J connectivity index is 1.66. The monoisotopic (exact) mass is 282 g/mol. The molecule has 1 saturated carbocycles. The molecule has 1 fully saturated rings. The lowest BCUT2D eigenvalue weighted by Gasteiger charge is -2.09. The van der Waals surface area contributed by atoms with Crippen LogP contribution < -0.4 is 15.8 Å². The van der Waals surface area contributed by atoms with Gasteiger partial charge in [0.2, 0.25) is 5.91 Å². The Morgan fingerprint density at radius 3 is 2.71 bits per heavy atom. The van der Waals surface area contributed by atoms with Gasteiger partial charge in [0, 0.05) is 17.7 Å². The van der Waals surface area contributed by atoms with E-state index in [1.807, 2.05) is 18.2 Å². The molecular formula is C17H18N2O2. The van der Waals surface area contributed by atoms with Gasteiger partial charge in [0.25, 0.3) is 0 Å². The standard InChI is InChI=1S/C17H18N2O2/c1-21-16-9-12(7-8-15(16)18)19-17(20)14-10-13(14)11-5-3-2-4-6-11/h2-9,13-14H,10,18H2,1H3,(H,19,20). The molecule has 4 nitrogen and oxygen atoms in total. The third-order valence-electron chi connectivity index (χ3n) is 3.86. The van der Waals surface area contributed by atoms with Crippen LogP contribution in [0, 0.1) is 5.92 Å². The number of carbonyl (C=O) groups is 1. The molecule has 2 aromatic rings. The Morgan fingerprint density at radius 2 is 2.00 bits per heavy atom. The summed E-state index contributed by atoms with van der Waals surface area (Å²) in [6.45, 7) is 0. The molecule has 1 aliphatic rings. The summed E-state index contributed by atoms with van der Waals surface area (Å²) >= 11 is 0. The summed E-state index contributed by atoms with van der Waals surface area (Å²) in [4.78, 5) is 12.3. The molecule has 4 heteroatoms. The quantitative estimate of drug-likeness (QED) is 0.847. The van der Waals surface area contributed by atoms with E-state index in [0.29, 0.717) is 23.0 Å². The van der Waals surface area contributed by atoms with Gasteiger partial charge in [-0.25, -0.2) is 0 Å². The number of rotatable bonds is 4. The predicted molar refractivity (Wildman–Crippen MR) is 83.3 cm³/mol. The Bertz CT molecular complexity index is 655. The van der Waals surface area contributed by atoms with Gasteiger partial charge < -0.3 is 15.8 Å².